The Kier molecular flexibility index (Phi) is 18.0. The number of amides is 3. The average molecular weight is 853 g/mol. The molecular weight excluding hydrogens is 782 g/mol. The zero-order valence-electron chi connectivity index (χ0n) is 37.7. The number of methoxy groups -OCH3 is 1. The Bertz CT molecular complexity index is 1780. The van der Waals surface area contributed by atoms with E-state index in [0.717, 1.165) is 11.1 Å². The van der Waals surface area contributed by atoms with Crippen LogP contribution < -0.4 is 20.7 Å². The molecule has 2 aromatic carbocycles. The maximum atomic E-state index is 14.0. The average Bonchev–Trinajstić information content (AvgIpc) is 3.14. The van der Waals surface area contributed by atoms with Gasteiger partial charge in [-0.3, -0.25) is 14.4 Å². The van der Waals surface area contributed by atoms with Crippen molar-refractivity contribution < 1.29 is 33.1 Å². The number of hydrogen-bond acceptors (Lipinski definition) is 7. The number of hydrogen-bond donors (Lipinski definition) is 3. The molecule has 2 aromatic rings. The first-order valence-electron chi connectivity index (χ1n) is 21.0. The maximum Gasteiger partial charge on any atom is 0.328 e. The summed E-state index contributed by atoms with van der Waals surface area (Å²) in [5.74, 6) is -1.72. The maximum absolute atomic E-state index is 14.0. The van der Waals surface area contributed by atoms with Crippen LogP contribution in [0.25, 0.3) is 6.08 Å². The van der Waals surface area contributed by atoms with Crippen LogP contribution in [0.4, 0.5) is 0 Å². The van der Waals surface area contributed by atoms with Crippen molar-refractivity contribution in [2.75, 3.05) is 13.7 Å². The van der Waals surface area contributed by atoms with Crippen molar-refractivity contribution in [2.45, 2.75) is 144 Å². The van der Waals surface area contributed by atoms with Crippen LogP contribution in [-0.4, -0.2) is 63.9 Å². The Hall–Kier alpha value is -3.93. The lowest BCUT2D eigenvalue weighted by Crippen LogP contribution is -2.54. The van der Waals surface area contributed by atoms with E-state index in [1.54, 1.807) is 38.1 Å². The second-order valence-electron chi connectivity index (χ2n) is 18.8. The van der Waals surface area contributed by atoms with Crippen molar-refractivity contribution in [3.05, 3.63) is 82.4 Å². The summed E-state index contributed by atoms with van der Waals surface area (Å²) >= 11 is 6.38. The molecule has 1 aliphatic heterocycles. The van der Waals surface area contributed by atoms with Crippen LogP contribution in [0, 0.1) is 16.7 Å². The molecule has 0 aliphatic carbocycles. The minimum atomic E-state index is -2.01. The molecule has 326 valence electrons. The van der Waals surface area contributed by atoms with E-state index in [-0.39, 0.29) is 30.7 Å². The molecule has 0 radical (unpaired) electrons. The third-order valence-corrected chi connectivity index (χ3v) is 17.6. The second-order valence-corrected chi connectivity index (χ2v) is 24.7. The molecule has 1 heterocycles. The van der Waals surface area contributed by atoms with E-state index in [1.807, 2.05) is 39.8 Å². The number of nitrogens with one attached hydrogen (secondary N) is 3. The third kappa shape index (κ3) is 14.3. The van der Waals surface area contributed by atoms with Gasteiger partial charge >= 0.3 is 5.97 Å². The molecular formula is C47H70ClN3O7Si. The fourth-order valence-electron chi connectivity index (χ4n) is 7.90. The molecule has 0 spiro atoms. The van der Waals surface area contributed by atoms with Gasteiger partial charge in [-0.25, -0.2) is 4.79 Å². The molecule has 3 rings (SSSR count). The molecule has 0 fully saturated rings. The molecule has 4 atom stereocenters. The molecule has 0 saturated heterocycles. The van der Waals surface area contributed by atoms with E-state index >= 15 is 0 Å². The molecule has 3 N–H and O–H groups in total. The normalized spacial score (nSPS) is 21.3. The van der Waals surface area contributed by atoms with Gasteiger partial charge in [0, 0.05) is 25.3 Å². The summed E-state index contributed by atoms with van der Waals surface area (Å²) < 4.78 is 18.3. The van der Waals surface area contributed by atoms with Crippen LogP contribution in [0.3, 0.4) is 0 Å². The molecule has 0 bridgehead atoms. The topological polar surface area (TPSA) is 132 Å². The summed E-state index contributed by atoms with van der Waals surface area (Å²) in [5.41, 5.74) is 2.87. The van der Waals surface area contributed by atoms with E-state index < -0.39 is 55.6 Å². The lowest BCUT2D eigenvalue weighted by molar-refractivity contribution is -0.156. The number of carbonyl (C=O) groups is 4. The van der Waals surface area contributed by atoms with Crippen molar-refractivity contribution in [3.8, 4) is 5.75 Å². The summed E-state index contributed by atoms with van der Waals surface area (Å²) in [6, 6.07) is 11.6. The summed E-state index contributed by atoms with van der Waals surface area (Å²) in [6.07, 6.45) is 7.00. The van der Waals surface area contributed by atoms with Crippen molar-refractivity contribution in [3.63, 3.8) is 0 Å². The van der Waals surface area contributed by atoms with Gasteiger partial charge in [-0.05, 0) is 77.2 Å². The number of halogens is 1. The van der Waals surface area contributed by atoms with Gasteiger partial charge in [0.25, 0.3) is 0 Å². The summed E-state index contributed by atoms with van der Waals surface area (Å²) in [6.45, 7) is 25.6. The minimum absolute atomic E-state index is 0.0463. The van der Waals surface area contributed by atoms with Gasteiger partial charge in [0.1, 0.15) is 23.9 Å². The SMILES string of the molecule is COc1ccc(C[C@H]2NC(=O)/C=C/C[C@@H]([C@H](C)/C=C/c3ccc(CO[Si](C(C)C)(C(C)C)C(C)C)cc3)OC(=O)[C@H](CC(C)(C)C)NC(=O)C(C)(C)CNC2=O)cc1Cl. The number of cyclic esters (lactones) is 1. The molecule has 3 amide bonds. The van der Waals surface area contributed by atoms with Crippen LogP contribution in [-0.2, 0) is 41.4 Å². The molecule has 0 aromatic heterocycles. The highest BCUT2D eigenvalue weighted by molar-refractivity contribution is 6.77. The molecule has 0 unspecified atom stereocenters. The van der Waals surface area contributed by atoms with Crippen molar-refractivity contribution in [1.29, 1.82) is 0 Å². The van der Waals surface area contributed by atoms with Crippen molar-refractivity contribution >= 4 is 49.7 Å². The van der Waals surface area contributed by atoms with E-state index in [0.29, 0.717) is 46.0 Å². The number of carbonyl (C=O) groups excluding carboxylic acids is 4. The molecule has 10 nitrogen and oxygen atoms in total. The van der Waals surface area contributed by atoms with Crippen LogP contribution in [0.2, 0.25) is 21.6 Å². The summed E-state index contributed by atoms with van der Waals surface area (Å²) in [7, 11) is -0.490. The Morgan fingerprint density at radius 2 is 1.51 bits per heavy atom. The fourth-order valence-corrected chi connectivity index (χ4v) is 13.6. The monoisotopic (exact) mass is 851 g/mol. The lowest BCUT2D eigenvalue weighted by Gasteiger charge is -2.42. The van der Waals surface area contributed by atoms with Crippen molar-refractivity contribution in [1.82, 2.24) is 16.0 Å². The first-order chi connectivity index (χ1) is 27.5. The Morgan fingerprint density at radius 3 is 2.07 bits per heavy atom. The highest BCUT2D eigenvalue weighted by Gasteiger charge is 2.45. The fraction of sp³-hybridized carbons (Fsp3) is 0.574. The summed E-state index contributed by atoms with van der Waals surface area (Å²) in [5, 5.41) is 8.97. The predicted octanol–water partition coefficient (Wildman–Crippen LogP) is 9.35. The standard InChI is InChI=1S/C47H70ClN3O7Si/c1-30(2)59(31(3)4,32(5)6)57-28-35-21-19-34(20-22-35)18-17-33(7)40-15-14-16-42(52)50-38(26-36-23-24-41(56-13)37(48)25-36)43(53)49-29-47(11,12)45(55)51-39(44(54)58-40)27-46(8,9)10/h14,16-25,30-33,38-40H,15,26-29H2,1-13H3,(H,49,53)(H,50,52)(H,51,55)/b16-14+,18-17+/t33-,38-,39+,40+/m1/s1. The van der Waals surface area contributed by atoms with Gasteiger partial charge in [-0.2, -0.15) is 0 Å². The molecule has 59 heavy (non-hydrogen) atoms. The van der Waals surface area contributed by atoms with Crippen LogP contribution in [0.15, 0.2) is 60.7 Å². The number of esters is 1. The van der Waals surface area contributed by atoms with E-state index in [2.05, 4.69) is 81.8 Å². The van der Waals surface area contributed by atoms with Gasteiger partial charge in [-0.15, -0.1) is 0 Å². The Balaban J connectivity index is 1.91. The highest BCUT2D eigenvalue weighted by atomic mass is 35.5. The number of rotatable bonds is 13. The van der Waals surface area contributed by atoms with Gasteiger partial charge in [0.2, 0.25) is 26.0 Å². The zero-order chi connectivity index (χ0) is 44.3. The molecule has 12 heteroatoms. The smallest absolute Gasteiger partial charge is 0.328 e. The minimum Gasteiger partial charge on any atom is -0.495 e. The van der Waals surface area contributed by atoms with E-state index in [1.165, 1.54) is 13.2 Å². The quantitative estimate of drug-likeness (QED) is 0.135. The Morgan fingerprint density at radius 1 is 0.898 bits per heavy atom. The van der Waals surface area contributed by atoms with Crippen molar-refractivity contribution in [2.24, 2.45) is 16.7 Å². The van der Waals surface area contributed by atoms with Crippen LogP contribution >= 0.6 is 11.6 Å². The van der Waals surface area contributed by atoms with E-state index in [4.69, 9.17) is 25.5 Å². The molecule has 1 aliphatic rings. The van der Waals surface area contributed by atoms with Gasteiger partial charge < -0.3 is 29.9 Å². The zero-order valence-corrected chi connectivity index (χ0v) is 39.4. The van der Waals surface area contributed by atoms with Crippen LogP contribution in [0.1, 0.15) is 113 Å². The highest BCUT2D eigenvalue weighted by Crippen LogP contribution is 2.42. The first kappa shape index (κ1) is 49.4. The lowest BCUT2D eigenvalue weighted by atomic mass is 9.86. The first-order valence-corrected chi connectivity index (χ1v) is 23.5. The van der Waals surface area contributed by atoms with Crippen LogP contribution in [0.5, 0.6) is 5.75 Å². The van der Waals surface area contributed by atoms with Gasteiger partial charge in [-0.1, -0.05) is 129 Å². The second kappa shape index (κ2) is 21.5. The van der Waals surface area contributed by atoms with E-state index in [9.17, 15) is 19.2 Å². The largest absolute Gasteiger partial charge is 0.495 e. The Labute approximate surface area is 359 Å². The number of benzene rings is 2. The predicted molar refractivity (Wildman–Crippen MR) is 241 cm³/mol. The van der Waals surface area contributed by atoms with Gasteiger partial charge in [0.15, 0.2) is 0 Å². The molecule has 0 saturated carbocycles. The number of ether oxygens (including phenoxy) is 2. The van der Waals surface area contributed by atoms with Gasteiger partial charge in [0.05, 0.1) is 24.2 Å². The summed E-state index contributed by atoms with van der Waals surface area (Å²) in [4.78, 5) is 54.7. The third-order valence-electron chi connectivity index (χ3n) is 11.3.